The maximum atomic E-state index is 13.1. The van der Waals surface area contributed by atoms with Crippen LogP contribution in [0.25, 0.3) is 28.1 Å². The minimum absolute atomic E-state index is 0.0775. The van der Waals surface area contributed by atoms with Crippen LogP contribution in [0.2, 0.25) is 0 Å². The lowest BCUT2D eigenvalue weighted by Crippen LogP contribution is -2.30. The van der Waals surface area contributed by atoms with Crippen LogP contribution in [0, 0.1) is 0 Å². The molecule has 5 nitrogen and oxygen atoms in total. The second kappa shape index (κ2) is 7.03. The van der Waals surface area contributed by atoms with Crippen molar-refractivity contribution in [1.29, 1.82) is 0 Å². The first kappa shape index (κ1) is 18.3. The zero-order valence-electron chi connectivity index (χ0n) is 16.5. The molecule has 1 aliphatic heterocycles. The molecule has 0 saturated heterocycles. The van der Waals surface area contributed by atoms with Gasteiger partial charge in [-0.05, 0) is 30.3 Å². The van der Waals surface area contributed by atoms with Gasteiger partial charge >= 0.3 is 0 Å². The van der Waals surface area contributed by atoms with Gasteiger partial charge in [-0.25, -0.2) is 9.97 Å². The van der Waals surface area contributed by atoms with E-state index in [4.69, 9.17) is 9.97 Å². The van der Waals surface area contributed by atoms with E-state index in [1.165, 1.54) is 0 Å². The molecule has 0 atom stereocenters. The molecule has 0 aliphatic carbocycles. The van der Waals surface area contributed by atoms with Crippen LogP contribution in [-0.4, -0.2) is 26.7 Å². The largest absolute Gasteiger partial charge is 0.325 e. The quantitative estimate of drug-likeness (QED) is 0.317. The second-order valence-corrected chi connectivity index (χ2v) is 8.39. The molecule has 3 aromatic carbocycles. The summed E-state index contributed by atoms with van der Waals surface area (Å²) in [6.45, 7) is 0.592. The molecule has 0 bridgehead atoms. The summed E-state index contributed by atoms with van der Waals surface area (Å²) in [5.74, 6) is 1.50. The monoisotopic (exact) mass is 468 g/mol. The molecule has 3 heterocycles. The highest BCUT2D eigenvalue weighted by atomic mass is 79.9. The Labute approximate surface area is 187 Å². The summed E-state index contributed by atoms with van der Waals surface area (Å²) < 4.78 is 2.95. The molecule has 6 rings (SSSR count). The number of anilines is 2. The van der Waals surface area contributed by atoms with Crippen molar-refractivity contribution in [3.8, 4) is 11.4 Å². The van der Waals surface area contributed by atoms with E-state index in [9.17, 15) is 4.79 Å². The van der Waals surface area contributed by atoms with Crippen molar-refractivity contribution in [2.75, 3.05) is 11.4 Å². The number of carbonyl (C=O) groups is 1. The van der Waals surface area contributed by atoms with Crippen LogP contribution in [0.5, 0.6) is 0 Å². The molecule has 2 aromatic heterocycles. The first-order valence-corrected chi connectivity index (χ1v) is 10.9. The lowest BCUT2D eigenvalue weighted by Gasteiger charge is -2.30. The van der Waals surface area contributed by atoms with Crippen LogP contribution in [-0.2, 0) is 0 Å². The van der Waals surface area contributed by atoms with Gasteiger partial charge in [-0.1, -0.05) is 64.5 Å². The van der Waals surface area contributed by atoms with Crippen molar-refractivity contribution in [2.24, 2.45) is 0 Å². The molecular formula is C25H17BrN4O. The Morgan fingerprint density at radius 1 is 0.839 bits per heavy atom. The summed E-state index contributed by atoms with van der Waals surface area (Å²) in [4.78, 5) is 25.2. The Hall–Kier alpha value is -3.51. The predicted octanol–water partition coefficient (Wildman–Crippen LogP) is 6.04. The number of ketones is 1. The Balaban J connectivity index is 1.76. The van der Waals surface area contributed by atoms with Crippen molar-refractivity contribution in [3.05, 3.63) is 88.9 Å². The number of rotatable bonds is 2. The first-order chi connectivity index (χ1) is 15.2. The predicted molar refractivity (Wildman–Crippen MR) is 126 cm³/mol. The van der Waals surface area contributed by atoms with Gasteiger partial charge in [-0.3, -0.25) is 9.20 Å². The van der Waals surface area contributed by atoms with Crippen LogP contribution < -0.4 is 4.90 Å². The van der Waals surface area contributed by atoms with Crippen molar-refractivity contribution in [3.63, 3.8) is 0 Å². The number of hydrogen-bond donors (Lipinski definition) is 0. The number of aromatic nitrogens is 3. The number of Topliss-reactive ketones (excluding diaryl/α,β-unsaturated/α-hetero) is 1. The van der Waals surface area contributed by atoms with Crippen molar-refractivity contribution >= 4 is 49.9 Å². The van der Waals surface area contributed by atoms with E-state index in [1.807, 2.05) is 83.3 Å². The van der Waals surface area contributed by atoms with Crippen LogP contribution in [0.1, 0.15) is 16.8 Å². The van der Waals surface area contributed by atoms with Gasteiger partial charge < -0.3 is 4.90 Å². The van der Waals surface area contributed by atoms with Gasteiger partial charge in [0.05, 0.1) is 11.0 Å². The molecule has 31 heavy (non-hydrogen) atoms. The molecule has 6 heteroatoms. The fourth-order valence-corrected chi connectivity index (χ4v) is 4.75. The van der Waals surface area contributed by atoms with E-state index >= 15 is 0 Å². The topological polar surface area (TPSA) is 50.5 Å². The van der Waals surface area contributed by atoms with Crippen LogP contribution in [0.3, 0.4) is 0 Å². The highest BCUT2D eigenvalue weighted by Crippen LogP contribution is 2.39. The van der Waals surface area contributed by atoms with Gasteiger partial charge in [0.1, 0.15) is 17.2 Å². The lowest BCUT2D eigenvalue weighted by atomic mass is 10.0. The molecule has 0 unspecified atom stereocenters. The Kier molecular flexibility index (Phi) is 4.14. The molecule has 5 aromatic rings. The maximum Gasteiger partial charge on any atom is 0.172 e. The van der Waals surface area contributed by atoms with Gasteiger partial charge in [0.2, 0.25) is 0 Å². The molecule has 0 N–H and O–H groups in total. The number of carbonyl (C=O) groups excluding carboxylic acids is 1. The number of fused-ring (bicyclic) bond motifs is 5. The number of imidazole rings is 1. The van der Waals surface area contributed by atoms with E-state index in [2.05, 4.69) is 20.8 Å². The Bertz CT molecular complexity index is 1480. The number of nitrogens with zero attached hydrogens (tertiary/aromatic N) is 4. The van der Waals surface area contributed by atoms with Crippen molar-refractivity contribution in [2.45, 2.75) is 6.42 Å². The zero-order valence-corrected chi connectivity index (χ0v) is 18.1. The lowest BCUT2D eigenvalue weighted by molar-refractivity contribution is 0.0982. The highest BCUT2D eigenvalue weighted by molar-refractivity contribution is 9.10. The number of benzene rings is 3. The molecule has 0 amide bonds. The fraction of sp³-hybridized carbons (Fsp3) is 0.0800. The van der Waals surface area contributed by atoms with E-state index in [0.717, 1.165) is 32.6 Å². The Morgan fingerprint density at radius 2 is 1.58 bits per heavy atom. The van der Waals surface area contributed by atoms with Crippen LogP contribution in [0.4, 0.5) is 11.5 Å². The summed E-state index contributed by atoms with van der Waals surface area (Å²) >= 11 is 3.68. The average Bonchev–Trinajstić information content (AvgIpc) is 3.19. The van der Waals surface area contributed by atoms with Crippen LogP contribution in [0.15, 0.2) is 83.3 Å². The highest BCUT2D eigenvalue weighted by Gasteiger charge is 2.31. The summed E-state index contributed by atoms with van der Waals surface area (Å²) in [5, 5.41) is 0. The van der Waals surface area contributed by atoms with Gasteiger partial charge in [-0.15, -0.1) is 0 Å². The zero-order chi connectivity index (χ0) is 20.9. The van der Waals surface area contributed by atoms with E-state index < -0.39 is 0 Å². The summed E-state index contributed by atoms with van der Waals surface area (Å²) in [6.07, 6.45) is 0.427. The van der Waals surface area contributed by atoms with Crippen molar-refractivity contribution in [1.82, 2.24) is 14.4 Å². The average molecular weight is 469 g/mol. The van der Waals surface area contributed by atoms with E-state index in [1.54, 1.807) is 0 Å². The van der Waals surface area contributed by atoms with Gasteiger partial charge in [0.15, 0.2) is 11.4 Å². The summed E-state index contributed by atoms with van der Waals surface area (Å²) in [7, 11) is 0. The minimum Gasteiger partial charge on any atom is -0.325 e. The SMILES string of the molecule is O=C1CCN(c2ccccc2)c2nc(-c3ccccc3Br)n3c(nc4ccccc43)c21. The molecule has 0 fully saturated rings. The summed E-state index contributed by atoms with van der Waals surface area (Å²) in [6, 6.07) is 26.0. The third-order valence-electron chi connectivity index (χ3n) is 5.71. The third kappa shape index (κ3) is 2.79. The molecule has 0 radical (unpaired) electrons. The normalized spacial score (nSPS) is 13.7. The van der Waals surface area contributed by atoms with Gasteiger partial charge in [0, 0.05) is 28.7 Å². The number of hydrogen-bond acceptors (Lipinski definition) is 4. The molecule has 1 aliphatic rings. The van der Waals surface area contributed by atoms with Crippen molar-refractivity contribution < 1.29 is 4.79 Å². The second-order valence-electron chi connectivity index (χ2n) is 7.53. The number of halogens is 1. The van der Waals surface area contributed by atoms with Gasteiger partial charge in [-0.2, -0.15) is 0 Å². The molecular weight excluding hydrogens is 452 g/mol. The summed E-state index contributed by atoms with van der Waals surface area (Å²) in [5.41, 5.74) is 4.98. The standard InChI is InChI=1S/C25H17BrN4O/c26-18-11-5-4-10-17(18)23-28-24-22(25-27-19-12-6-7-13-20(19)30(23)25)21(31)14-15-29(24)16-8-2-1-3-9-16/h1-13H,14-15H2. The fourth-order valence-electron chi connectivity index (χ4n) is 4.29. The smallest absolute Gasteiger partial charge is 0.172 e. The maximum absolute atomic E-state index is 13.1. The molecule has 150 valence electrons. The molecule has 0 saturated carbocycles. The first-order valence-electron chi connectivity index (χ1n) is 10.1. The third-order valence-corrected chi connectivity index (χ3v) is 6.40. The van der Waals surface area contributed by atoms with E-state index in [0.29, 0.717) is 30.0 Å². The van der Waals surface area contributed by atoms with Crippen LogP contribution >= 0.6 is 15.9 Å². The van der Waals surface area contributed by atoms with Gasteiger partial charge in [0.25, 0.3) is 0 Å². The van der Waals surface area contributed by atoms with E-state index in [-0.39, 0.29) is 5.78 Å². The number of para-hydroxylation sites is 3. The Morgan fingerprint density at radius 3 is 2.42 bits per heavy atom. The minimum atomic E-state index is 0.0775. The molecule has 0 spiro atoms.